The monoisotopic (exact) mass is 295 g/mol. The van der Waals surface area contributed by atoms with Crippen LogP contribution in [0.2, 0.25) is 0 Å². The number of rotatable bonds is 7. The number of carbonyl (C=O) groups is 1. The molecule has 2 rings (SSSR count). The molecule has 1 aromatic rings. The highest BCUT2D eigenvalue weighted by molar-refractivity contribution is 5.75. The lowest BCUT2D eigenvalue weighted by Gasteiger charge is -2.23. The van der Waals surface area contributed by atoms with Crippen LogP contribution in [0.1, 0.15) is 32.3 Å². The van der Waals surface area contributed by atoms with Crippen molar-refractivity contribution in [1.82, 2.24) is 5.32 Å². The Bertz CT molecular complexity index is 512. The third-order valence-electron chi connectivity index (χ3n) is 3.52. The fourth-order valence-corrected chi connectivity index (χ4v) is 1.98. The zero-order chi connectivity index (χ0) is 15.5. The van der Waals surface area contributed by atoms with E-state index in [0.717, 1.165) is 5.56 Å². The zero-order valence-electron chi connectivity index (χ0n) is 12.7. The van der Waals surface area contributed by atoms with Gasteiger partial charge in [-0.15, -0.1) is 0 Å². The van der Waals surface area contributed by atoms with Crippen LogP contribution in [0, 0.1) is 11.2 Å². The normalized spacial score (nSPS) is 14.9. The Morgan fingerprint density at radius 1 is 1.43 bits per heavy atom. The van der Waals surface area contributed by atoms with E-state index in [-0.39, 0.29) is 18.3 Å². The summed E-state index contributed by atoms with van der Waals surface area (Å²) in [6.07, 6.45) is 2.34. The molecule has 0 atom stereocenters. The van der Waals surface area contributed by atoms with Crippen LogP contribution in [0.3, 0.4) is 0 Å². The summed E-state index contributed by atoms with van der Waals surface area (Å²) in [6, 6.07) is 5.39. The highest BCUT2D eigenvalue weighted by atomic mass is 19.1. The summed E-state index contributed by atoms with van der Waals surface area (Å²) in [6.45, 7) is 4.05. The summed E-state index contributed by atoms with van der Waals surface area (Å²) in [5.41, 5.74) is -0.0549. The van der Waals surface area contributed by atoms with Crippen LogP contribution < -0.4 is 10.1 Å². The molecule has 4 nitrogen and oxygen atoms in total. The van der Waals surface area contributed by atoms with Crippen molar-refractivity contribution in [2.75, 3.05) is 13.7 Å². The van der Waals surface area contributed by atoms with E-state index >= 15 is 0 Å². The number of methoxy groups -OCH3 is 1. The summed E-state index contributed by atoms with van der Waals surface area (Å²) in [5, 5.41) is 3.33. The molecular weight excluding hydrogens is 273 g/mol. The number of hydrogen-bond acceptors (Lipinski definition) is 4. The molecule has 1 saturated carbocycles. The van der Waals surface area contributed by atoms with Crippen LogP contribution in [0.15, 0.2) is 18.2 Å². The van der Waals surface area contributed by atoms with Crippen LogP contribution in [-0.4, -0.2) is 25.7 Å². The average Bonchev–Trinajstić information content (AvgIpc) is 3.27. The summed E-state index contributed by atoms with van der Waals surface area (Å²) >= 11 is 0. The minimum atomic E-state index is -0.821. The van der Waals surface area contributed by atoms with E-state index in [1.807, 2.05) is 6.07 Å². The minimum Gasteiger partial charge on any atom is -0.489 e. The number of para-hydroxylation sites is 1. The fourth-order valence-electron chi connectivity index (χ4n) is 1.98. The van der Waals surface area contributed by atoms with Crippen molar-refractivity contribution in [2.45, 2.75) is 39.3 Å². The predicted molar refractivity (Wildman–Crippen MR) is 77.6 cm³/mol. The number of halogens is 1. The summed E-state index contributed by atoms with van der Waals surface area (Å²) < 4.78 is 24.3. The van der Waals surface area contributed by atoms with E-state index in [1.54, 1.807) is 19.9 Å². The average molecular weight is 295 g/mol. The van der Waals surface area contributed by atoms with Gasteiger partial charge in [0.15, 0.2) is 11.6 Å². The number of nitrogens with one attached hydrogen (secondary N) is 1. The molecule has 0 unspecified atom stereocenters. The lowest BCUT2D eigenvalue weighted by atomic mass is 9.95. The van der Waals surface area contributed by atoms with Gasteiger partial charge in [-0.1, -0.05) is 12.1 Å². The number of ether oxygens (including phenoxy) is 2. The van der Waals surface area contributed by atoms with Gasteiger partial charge < -0.3 is 14.8 Å². The second kappa shape index (κ2) is 6.43. The van der Waals surface area contributed by atoms with Crippen LogP contribution in [0.4, 0.5) is 4.39 Å². The predicted octanol–water partition coefficient (Wildman–Crippen LogP) is 2.66. The first-order valence-electron chi connectivity index (χ1n) is 7.16. The molecule has 1 N–H and O–H groups in total. The molecule has 5 heteroatoms. The fraction of sp³-hybridized carbons (Fsp3) is 0.562. The largest absolute Gasteiger partial charge is 0.489 e. The van der Waals surface area contributed by atoms with Crippen molar-refractivity contribution in [1.29, 1.82) is 0 Å². The van der Waals surface area contributed by atoms with E-state index in [1.165, 1.54) is 26.0 Å². The molecule has 21 heavy (non-hydrogen) atoms. The highest BCUT2D eigenvalue weighted by Crippen LogP contribution is 2.27. The number of benzene rings is 1. The maximum atomic E-state index is 14.0. The van der Waals surface area contributed by atoms with Crippen molar-refractivity contribution in [2.24, 2.45) is 5.41 Å². The van der Waals surface area contributed by atoms with Gasteiger partial charge in [-0.05, 0) is 32.8 Å². The molecule has 0 aliphatic heterocycles. The van der Waals surface area contributed by atoms with Gasteiger partial charge in [-0.3, -0.25) is 4.79 Å². The zero-order valence-corrected chi connectivity index (χ0v) is 12.7. The summed E-state index contributed by atoms with van der Waals surface area (Å²) in [7, 11) is 1.33. The van der Waals surface area contributed by atoms with Crippen molar-refractivity contribution in [3.63, 3.8) is 0 Å². The molecule has 0 heterocycles. The molecular formula is C16H22FNO3. The van der Waals surface area contributed by atoms with Crippen LogP contribution in [-0.2, 0) is 16.1 Å². The molecule has 1 fully saturated rings. The Hall–Kier alpha value is -1.62. The summed E-state index contributed by atoms with van der Waals surface area (Å²) in [4.78, 5) is 11.6. The van der Waals surface area contributed by atoms with Gasteiger partial charge in [0.1, 0.15) is 6.61 Å². The van der Waals surface area contributed by atoms with Gasteiger partial charge in [0, 0.05) is 18.2 Å². The van der Waals surface area contributed by atoms with Gasteiger partial charge in [0.2, 0.25) is 0 Å². The first-order valence-corrected chi connectivity index (χ1v) is 7.16. The smallest absolute Gasteiger partial charge is 0.314 e. The Kier molecular flexibility index (Phi) is 4.83. The first kappa shape index (κ1) is 15.8. The lowest BCUT2D eigenvalue weighted by molar-refractivity contribution is -0.152. The molecule has 0 bridgehead atoms. The number of hydrogen-bond donors (Lipinski definition) is 1. The second-order valence-corrected chi connectivity index (χ2v) is 6.05. The maximum absolute atomic E-state index is 14.0. The molecule has 0 radical (unpaired) electrons. The number of esters is 1. The molecule has 1 aromatic carbocycles. The quantitative estimate of drug-likeness (QED) is 0.786. The molecule has 0 aromatic heterocycles. The molecule has 0 spiro atoms. The van der Waals surface area contributed by atoms with Gasteiger partial charge in [0.25, 0.3) is 0 Å². The van der Waals surface area contributed by atoms with E-state index in [2.05, 4.69) is 5.32 Å². The Morgan fingerprint density at radius 2 is 2.14 bits per heavy atom. The standard InChI is InChI=1S/C16H22FNO3/c1-16(2,15(19)20-3)10-21-14-11(5-4-6-13(14)17)9-18-12-7-8-12/h4-6,12,18H,7-10H2,1-3H3. The van der Waals surface area contributed by atoms with Crippen molar-refractivity contribution in [3.05, 3.63) is 29.6 Å². The van der Waals surface area contributed by atoms with E-state index in [4.69, 9.17) is 9.47 Å². The van der Waals surface area contributed by atoms with E-state index in [0.29, 0.717) is 12.6 Å². The Morgan fingerprint density at radius 3 is 2.76 bits per heavy atom. The molecule has 116 valence electrons. The molecule has 0 saturated heterocycles. The maximum Gasteiger partial charge on any atom is 0.314 e. The first-order chi connectivity index (χ1) is 9.94. The SMILES string of the molecule is COC(=O)C(C)(C)COc1c(F)cccc1CNC1CC1. The molecule has 1 aliphatic rings. The van der Waals surface area contributed by atoms with Crippen LogP contribution in [0.25, 0.3) is 0 Å². The molecule has 1 aliphatic carbocycles. The van der Waals surface area contributed by atoms with Crippen molar-refractivity contribution >= 4 is 5.97 Å². The van der Waals surface area contributed by atoms with Crippen molar-refractivity contribution < 1.29 is 18.7 Å². The van der Waals surface area contributed by atoms with Crippen LogP contribution >= 0.6 is 0 Å². The Labute approximate surface area is 124 Å². The van der Waals surface area contributed by atoms with Gasteiger partial charge >= 0.3 is 5.97 Å². The molecule has 0 amide bonds. The lowest BCUT2D eigenvalue weighted by Crippen LogP contribution is -2.32. The topological polar surface area (TPSA) is 47.6 Å². The van der Waals surface area contributed by atoms with Crippen LogP contribution in [0.5, 0.6) is 5.75 Å². The minimum absolute atomic E-state index is 0.0665. The number of carbonyl (C=O) groups excluding carboxylic acids is 1. The van der Waals surface area contributed by atoms with Crippen molar-refractivity contribution in [3.8, 4) is 5.75 Å². The second-order valence-electron chi connectivity index (χ2n) is 6.05. The van der Waals surface area contributed by atoms with E-state index < -0.39 is 11.2 Å². The Balaban J connectivity index is 2.05. The third-order valence-corrected chi connectivity index (χ3v) is 3.52. The van der Waals surface area contributed by atoms with Gasteiger partial charge in [-0.2, -0.15) is 0 Å². The van der Waals surface area contributed by atoms with Gasteiger partial charge in [0.05, 0.1) is 12.5 Å². The summed E-state index contributed by atoms with van der Waals surface area (Å²) in [5.74, 6) is -0.579. The highest BCUT2D eigenvalue weighted by Gasteiger charge is 2.30. The third kappa shape index (κ3) is 4.17. The van der Waals surface area contributed by atoms with Gasteiger partial charge in [-0.25, -0.2) is 4.39 Å². The van der Waals surface area contributed by atoms with E-state index in [9.17, 15) is 9.18 Å².